The highest BCUT2D eigenvalue weighted by Crippen LogP contribution is 2.44. The second-order valence-corrected chi connectivity index (χ2v) is 6.79. The number of likely N-dealkylation sites (tertiary alicyclic amines) is 1. The number of carbonyl (C=O) groups is 1. The Morgan fingerprint density at radius 2 is 1.75 bits per heavy atom. The molecule has 1 unspecified atom stereocenters. The number of hydrogen-bond acceptors (Lipinski definition) is 3. The number of hydrogen-bond donors (Lipinski definition) is 0. The van der Waals surface area contributed by atoms with Crippen LogP contribution in [0.3, 0.4) is 0 Å². The summed E-state index contributed by atoms with van der Waals surface area (Å²) in [6.07, 6.45) is -5.32. The van der Waals surface area contributed by atoms with Crippen LogP contribution in [0.4, 0.5) is 18.0 Å². The summed E-state index contributed by atoms with van der Waals surface area (Å²) < 4.78 is 52.4. The molecule has 1 fully saturated rings. The zero-order chi connectivity index (χ0) is 18.0. The Labute approximate surface area is 139 Å². The van der Waals surface area contributed by atoms with E-state index in [-0.39, 0.29) is 18.7 Å². The molecule has 1 amide bonds. The third-order valence-corrected chi connectivity index (χ3v) is 3.67. The molecule has 0 aliphatic carbocycles. The fraction of sp³-hybridized carbons (Fsp3) is 0.588. The maximum atomic E-state index is 14.0. The molecule has 2 rings (SSSR count). The SMILES string of the molecule is CC(C)(C)OC(=O)N1CCCCC1(Oc1ccccc1)C(F)(F)F. The zero-order valence-electron chi connectivity index (χ0n) is 14.0. The average Bonchev–Trinajstić information content (AvgIpc) is 2.45. The molecule has 0 aromatic heterocycles. The molecule has 1 heterocycles. The van der Waals surface area contributed by atoms with E-state index in [2.05, 4.69) is 0 Å². The predicted octanol–water partition coefficient (Wildman–Crippen LogP) is 4.75. The van der Waals surface area contributed by atoms with Gasteiger partial charge in [-0.25, -0.2) is 4.79 Å². The van der Waals surface area contributed by atoms with Gasteiger partial charge in [-0.05, 0) is 45.7 Å². The molecule has 1 aromatic rings. The second-order valence-electron chi connectivity index (χ2n) is 6.79. The summed E-state index contributed by atoms with van der Waals surface area (Å²) in [5.74, 6) is 0.0604. The van der Waals surface area contributed by atoms with Gasteiger partial charge in [0.1, 0.15) is 11.4 Å². The van der Waals surface area contributed by atoms with E-state index in [4.69, 9.17) is 9.47 Å². The number of halogens is 3. The minimum atomic E-state index is -4.75. The van der Waals surface area contributed by atoms with Crippen molar-refractivity contribution >= 4 is 6.09 Å². The van der Waals surface area contributed by atoms with Crippen LogP contribution < -0.4 is 4.74 Å². The Morgan fingerprint density at radius 3 is 2.29 bits per heavy atom. The van der Waals surface area contributed by atoms with E-state index in [0.29, 0.717) is 17.7 Å². The van der Waals surface area contributed by atoms with Crippen molar-refractivity contribution < 1.29 is 27.4 Å². The van der Waals surface area contributed by atoms with E-state index in [1.165, 1.54) is 12.1 Å². The Kier molecular flexibility index (Phi) is 5.01. The number of benzene rings is 1. The molecule has 1 atom stereocenters. The molecule has 0 radical (unpaired) electrons. The number of para-hydroxylation sites is 1. The number of rotatable bonds is 2. The molecular formula is C17H22F3NO3. The van der Waals surface area contributed by atoms with E-state index >= 15 is 0 Å². The van der Waals surface area contributed by atoms with Gasteiger partial charge in [0.05, 0.1) is 0 Å². The molecule has 7 heteroatoms. The van der Waals surface area contributed by atoms with Crippen molar-refractivity contribution in [2.75, 3.05) is 6.54 Å². The number of piperidine rings is 1. The van der Waals surface area contributed by atoms with Crippen molar-refractivity contribution in [1.29, 1.82) is 0 Å². The van der Waals surface area contributed by atoms with Crippen LogP contribution in [0.25, 0.3) is 0 Å². The molecule has 1 aliphatic rings. The van der Waals surface area contributed by atoms with Gasteiger partial charge in [0, 0.05) is 13.0 Å². The second kappa shape index (κ2) is 6.53. The summed E-state index contributed by atoms with van der Waals surface area (Å²) in [7, 11) is 0. The minimum Gasteiger partial charge on any atom is -0.458 e. The summed E-state index contributed by atoms with van der Waals surface area (Å²) in [5, 5.41) is 0. The predicted molar refractivity (Wildman–Crippen MR) is 82.6 cm³/mol. The van der Waals surface area contributed by atoms with Gasteiger partial charge in [0.15, 0.2) is 0 Å². The summed E-state index contributed by atoms with van der Waals surface area (Å²) in [6.45, 7) is 4.77. The average molecular weight is 345 g/mol. The molecule has 1 aliphatic heterocycles. The van der Waals surface area contributed by atoms with Crippen LogP contribution in [0.15, 0.2) is 30.3 Å². The van der Waals surface area contributed by atoms with Crippen LogP contribution in [0, 0.1) is 0 Å². The van der Waals surface area contributed by atoms with E-state index < -0.39 is 23.6 Å². The number of amides is 1. The Morgan fingerprint density at radius 1 is 1.12 bits per heavy atom. The lowest BCUT2D eigenvalue weighted by Gasteiger charge is -2.46. The van der Waals surface area contributed by atoms with Crippen molar-refractivity contribution in [3.05, 3.63) is 30.3 Å². The molecule has 0 bridgehead atoms. The van der Waals surface area contributed by atoms with E-state index in [0.717, 1.165) is 0 Å². The first-order valence-electron chi connectivity index (χ1n) is 7.87. The van der Waals surface area contributed by atoms with Crippen molar-refractivity contribution in [2.24, 2.45) is 0 Å². The largest absolute Gasteiger partial charge is 0.458 e. The zero-order valence-corrected chi connectivity index (χ0v) is 14.0. The highest BCUT2D eigenvalue weighted by molar-refractivity contribution is 5.69. The van der Waals surface area contributed by atoms with Crippen LogP contribution >= 0.6 is 0 Å². The van der Waals surface area contributed by atoms with Gasteiger partial charge in [-0.2, -0.15) is 13.2 Å². The van der Waals surface area contributed by atoms with Crippen molar-refractivity contribution in [3.63, 3.8) is 0 Å². The van der Waals surface area contributed by atoms with Crippen molar-refractivity contribution in [2.45, 2.75) is 57.5 Å². The van der Waals surface area contributed by atoms with Gasteiger partial charge in [0.2, 0.25) is 0 Å². The van der Waals surface area contributed by atoms with E-state index in [9.17, 15) is 18.0 Å². The number of carbonyl (C=O) groups excluding carboxylic acids is 1. The van der Waals surface area contributed by atoms with Crippen LogP contribution in [-0.4, -0.2) is 35.0 Å². The first-order chi connectivity index (χ1) is 11.1. The van der Waals surface area contributed by atoms with Crippen LogP contribution in [0.2, 0.25) is 0 Å². The van der Waals surface area contributed by atoms with Gasteiger partial charge in [-0.15, -0.1) is 0 Å². The topological polar surface area (TPSA) is 38.8 Å². The van der Waals surface area contributed by atoms with Crippen molar-refractivity contribution in [3.8, 4) is 5.75 Å². The first-order valence-corrected chi connectivity index (χ1v) is 7.87. The molecule has 4 nitrogen and oxygen atoms in total. The number of nitrogens with zero attached hydrogens (tertiary/aromatic N) is 1. The molecule has 1 saturated heterocycles. The van der Waals surface area contributed by atoms with Crippen LogP contribution in [0.1, 0.15) is 40.0 Å². The van der Waals surface area contributed by atoms with Crippen LogP contribution in [-0.2, 0) is 4.74 Å². The highest BCUT2D eigenvalue weighted by Gasteiger charge is 2.64. The van der Waals surface area contributed by atoms with Crippen LogP contribution in [0.5, 0.6) is 5.75 Å². The van der Waals surface area contributed by atoms with E-state index in [1.54, 1.807) is 39.0 Å². The summed E-state index contributed by atoms with van der Waals surface area (Å²) in [6, 6.07) is 7.73. The molecule has 0 N–H and O–H groups in total. The Balaban J connectivity index is 2.39. The van der Waals surface area contributed by atoms with Gasteiger partial charge in [-0.1, -0.05) is 18.2 Å². The van der Waals surface area contributed by atoms with E-state index in [1.807, 2.05) is 0 Å². The molecule has 0 saturated carbocycles. The quantitative estimate of drug-likeness (QED) is 0.777. The van der Waals surface area contributed by atoms with Gasteiger partial charge in [-0.3, -0.25) is 4.90 Å². The van der Waals surface area contributed by atoms with Gasteiger partial charge < -0.3 is 9.47 Å². The maximum Gasteiger partial charge on any atom is 0.448 e. The third-order valence-electron chi connectivity index (χ3n) is 3.67. The lowest BCUT2D eigenvalue weighted by Crippen LogP contribution is -2.66. The fourth-order valence-corrected chi connectivity index (χ4v) is 2.65. The maximum absolute atomic E-state index is 14.0. The Hall–Kier alpha value is -1.92. The smallest absolute Gasteiger partial charge is 0.448 e. The van der Waals surface area contributed by atoms with Crippen molar-refractivity contribution in [1.82, 2.24) is 4.90 Å². The first kappa shape index (κ1) is 18.4. The summed E-state index contributed by atoms with van der Waals surface area (Å²) in [4.78, 5) is 13.1. The lowest BCUT2D eigenvalue weighted by atomic mass is 9.97. The number of alkyl halides is 3. The fourth-order valence-electron chi connectivity index (χ4n) is 2.65. The Bertz CT molecular complexity index is 569. The molecule has 0 spiro atoms. The lowest BCUT2D eigenvalue weighted by molar-refractivity contribution is -0.305. The monoisotopic (exact) mass is 345 g/mol. The number of ether oxygens (including phenoxy) is 2. The minimum absolute atomic E-state index is 0.0604. The standard InChI is InChI=1S/C17H22F3NO3/c1-15(2,3)24-14(22)21-12-8-7-11-16(21,17(18,19)20)23-13-9-5-4-6-10-13/h4-6,9-10H,7-8,11-12H2,1-3H3. The highest BCUT2D eigenvalue weighted by atomic mass is 19.4. The third kappa shape index (κ3) is 3.94. The molecule has 1 aromatic carbocycles. The molecular weight excluding hydrogens is 323 g/mol. The summed E-state index contributed by atoms with van der Waals surface area (Å²) >= 11 is 0. The molecule has 24 heavy (non-hydrogen) atoms. The normalized spacial score (nSPS) is 22.2. The molecule has 134 valence electrons. The van der Waals surface area contributed by atoms with Gasteiger partial charge in [0.25, 0.3) is 5.72 Å². The summed E-state index contributed by atoms with van der Waals surface area (Å²) in [5.41, 5.74) is -3.60. The van der Waals surface area contributed by atoms with Gasteiger partial charge >= 0.3 is 12.3 Å².